The van der Waals surface area contributed by atoms with Gasteiger partial charge in [0.15, 0.2) is 0 Å². The highest BCUT2D eigenvalue weighted by Gasteiger charge is 2.18. The number of rotatable bonds is 3. The molecule has 0 radical (unpaired) electrons. The van der Waals surface area contributed by atoms with E-state index in [0.29, 0.717) is 12.0 Å². The summed E-state index contributed by atoms with van der Waals surface area (Å²) in [5.41, 5.74) is 2.86. The van der Waals surface area contributed by atoms with Gasteiger partial charge in [-0.05, 0) is 18.2 Å². The Kier molecular flexibility index (Phi) is 4.26. The van der Waals surface area contributed by atoms with Gasteiger partial charge in [-0.15, -0.1) is 0 Å². The molecule has 0 fully saturated rings. The van der Waals surface area contributed by atoms with Crippen LogP contribution in [0.2, 0.25) is 0 Å². The summed E-state index contributed by atoms with van der Waals surface area (Å²) in [6.45, 7) is 0.0665. The minimum Gasteiger partial charge on any atom is -0.347 e. The number of hydrogen-bond acceptors (Lipinski definition) is 3. The Bertz CT molecular complexity index is 560. The molecule has 1 heterocycles. The lowest BCUT2D eigenvalue weighted by atomic mass is 10.1. The zero-order valence-electron chi connectivity index (χ0n) is 9.87. The van der Waals surface area contributed by atoms with Gasteiger partial charge in [0, 0.05) is 29.4 Å². The molecule has 100 valence electrons. The topological polar surface area (TPSA) is 70.6 Å². The van der Waals surface area contributed by atoms with E-state index >= 15 is 0 Å². The van der Waals surface area contributed by atoms with Crippen molar-refractivity contribution >= 4 is 33.5 Å². The van der Waals surface area contributed by atoms with Crippen LogP contribution in [0, 0.1) is 5.82 Å². The van der Waals surface area contributed by atoms with Crippen molar-refractivity contribution in [3.8, 4) is 0 Å². The highest BCUT2D eigenvalue weighted by molar-refractivity contribution is 9.10. The van der Waals surface area contributed by atoms with Crippen LogP contribution in [0.25, 0.3) is 0 Å². The predicted molar refractivity (Wildman–Crippen MR) is 70.8 cm³/mol. The Labute approximate surface area is 117 Å². The number of hydrazone groups is 1. The second-order valence-electron chi connectivity index (χ2n) is 4.01. The Hall–Kier alpha value is -1.76. The zero-order valence-corrected chi connectivity index (χ0v) is 11.5. The fourth-order valence-electron chi connectivity index (χ4n) is 1.59. The molecule has 0 saturated heterocycles. The second kappa shape index (κ2) is 5.92. The van der Waals surface area contributed by atoms with E-state index < -0.39 is 5.91 Å². The summed E-state index contributed by atoms with van der Waals surface area (Å²) >= 11 is 3.24. The van der Waals surface area contributed by atoms with Gasteiger partial charge in [-0.3, -0.25) is 9.59 Å². The first kappa shape index (κ1) is 13.7. The van der Waals surface area contributed by atoms with Crippen molar-refractivity contribution < 1.29 is 14.0 Å². The molecule has 1 aliphatic heterocycles. The van der Waals surface area contributed by atoms with Gasteiger partial charge < -0.3 is 5.32 Å². The number of amides is 2. The standard InChI is InChI=1S/C12H11BrFN3O2/c13-8-1-2-9(14)7(5-8)6-15-12(19)10-3-4-11(18)17-16-10/h1-2,5H,3-4,6H2,(H,15,19)(H,17,18). The van der Waals surface area contributed by atoms with E-state index in [0.717, 1.165) is 4.47 Å². The predicted octanol–water partition coefficient (Wildman–Crippen LogP) is 1.47. The molecule has 0 spiro atoms. The van der Waals surface area contributed by atoms with Gasteiger partial charge in [0.2, 0.25) is 5.91 Å². The smallest absolute Gasteiger partial charge is 0.267 e. The summed E-state index contributed by atoms with van der Waals surface area (Å²) in [6, 6.07) is 4.51. The van der Waals surface area contributed by atoms with Gasteiger partial charge in [0.05, 0.1) is 0 Å². The number of nitrogens with one attached hydrogen (secondary N) is 2. The quantitative estimate of drug-likeness (QED) is 0.882. The molecule has 7 heteroatoms. The monoisotopic (exact) mass is 327 g/mol. The molecule has 19 heavy (non-hydrogen) atoms. The number of carbonyl (C=O) groups is 2. The van der Waals surface area contributed by atoms with Crippen molar-refractivity contribution in [3.05, 3.63) is 34.1 Å². The van der Waals surface area contributed by atoms with Crippen LogP contribution in [-0.4, -0.2) is 17.5 Å². The van der Waals surface area contributed by atoms with Crippen molar-refractivity contribution in [1.29, 1.82) is 0 Å². The third-order valence-electron chi connectivity index (χ3n) is 2.61. The third kappa shape index (κ3) is 3.60. The van der Waals surface area contributed by atoms with E-state index in [1.165, 1.54) is 6.07 Å². The lowest BCUT2D eigenvalue weighted by Gasteiger charge is -2.12. The van der Waals surface area contributed by atoms with E-state index in [4.69, 9.17) is 0 Å². The van der Waals surface area contributed by atoms with Crippen molar-refractivity contribution in [2.24, 2.45) is 5.10 Å². The lowest BCUT2D eigenvalue weighted by Crippen LogP contribution is -2.36. The van der Waals surface area contributed by atoms with Gasteiger partial charge in [-0.2, -0.15) is 5.10 Å². The van der Waals surface area contributed by atoms with E-state index in [1.807, 2.05) is 0 Å². The average Bonchev–Trinajstić information content (AvgIpc) is 2.40. The Balaban J connectivity index is 1.97. The largest absolute Gasteiger partial charge is 0.347 e. The van der Waals surface area contributed by atoms with E-state index in [1.54, 1.807) is 12.1 Å². The molecule has 1 aromatic rings. The van der Waals surface area contributed by atoms with Gasteiger partial charge in [0.1, 0.15) is 11.5 Å². The van der Waals surface area contributed by atoms with Crippen molar-refractivity contribution in [2.45, 2.75) is 19.4 Å². The van der Waals surface area contributed by atoms with Gasteiger partial charge >= 0.3 is 0 Å². The molecule has 1 aliphatic rings. The Morgan fingerprint density at radius 3 is 2.95 bits per heavy atom. The number of nitrogens with zero attached hydrogens (tertiary/aromatic N) is 1. The highest BCUT2D eigenvalue weighted by atomic mass is 79.9. The SMILES string of the molecule is O=C1CCC(C(=O)NCc2cc(Br)ccc2F)=NN1. The first-order chi connectivity index (χ1) is 9.06. The molecule has 1 aromatic carbocycles. The van der Waals surface area contributed by atoms with Crippen LogP contribution in [0.1, 0.15) is 18.4 Å². The fourth-order valence-corrected chi connectivity index (χ4v) is 2.00. The van der Waals surface area contributed by atoms with Gasteiger partial charge in [-0.25, -0.2) is 9.82 Å². The van der Waals surface area contributed by atoms with Gasteiger partial charge in [-0.1, -0.05) is 15.9 Å². The summed E-state index contributed by atoms with van der Waals surface area (Å²) in [4.78, 5) is 22.6. The molecule has 0 aromatic heterocycles. The number of carbonyl (C=O) groups excluding carboxylic acids is 2. The summed E-state index contributed by atoms with van der Waals surface area (Å²) in [7, 11) is 0. The van der Waals surface area contributed by atoms with E-state index in [-0.39, 0.29) is 30.4 Å². The first-order valence-corrected chi connectivity index (χ1v) is 6.43. The van der Waals surface area contributed by atoms with Crippen LogP contribution in [-0.2, 0) is 16.1 Å². The Morgan fingerprint density at radius 2 is 2.26 bits per heavy atom. The summed E-state index contributed by atoms with van der Waals surface area (Å²) < 4.78 is 14.2. The van der Waals surface area contributed by atoms with Crippen LogP contribution in [0.5, 0.6) is 0 Å². The summed E-state index contributed by atoms with van der Waals surface area (Å²) in [5, 5.41) is 6.23. The fraction of sp³-hybridized carbons (Fsp3) is 0.250. The Morgan fingerprint density at radius 1 is 1.47 bits per heavy atom. The molecule has 2 rings (SSSR count). The molecule has 0 aliphatic carbocycles. The van der Waals surface area contributed by atoms with Crippen LogP contribution >= 0.6 is 15.9 Å². The molecule has 0 saturated carbocycles. The molecule has 0 atom stereocenters. The number of benzene rings is 1. The molecular weight excluding hydrogens is 317 g/mol. The molecule has 0 unspecified atom stereocenters. The average molecular weight is 328 g/mol. The molecular formula is C12H11BrFN3O2. The molecule has 2 amide bonds. The van der Waals surface area contributed by atoms with Crippen molar-refractivity contribution in [3.63, 3.8) is 0 Å². The van der Waals surface area contributed by atoms with Crippen LogP contribution in [0.15, 0.2) is 27.8 Å². The molecule has 5 nitrogen and oxygen atoms in total. The lowest BCUT2D eigenvalue weighted by molar-refractivity contribution is -0.121. The maximum atomic E-state index is 13.5. The van der Waals surface area contributed by atoms with E-state index in [9.17, 15) is 14.0 Å². The van der Waals surface area contributed by atoms with E-state index in [2.05, 4.69) is 31.8 Å². The molecule has 2 N–H and O–H groups in total. The summed E-state index contributed by atoms with van der Waals surface area (Å²) in [6.07, 6.45) is 0.524. The minimum absolute atomic E-state index is 0.0665. The van der Waals surface area contributed by atoms with Crippen molar-refractivity contribution in [1.82, 2.24) is 10.7 Å². The normalized spacial score (nSPS) is 14.6. The number of halogens is 2. The third-order valence-corrected chi connectivity index (χ3v) is 3.11. The molecule has 0 bridgehead atoms. The number of hydrogen-bond donors (Lipinski definition) is 2. The second-order valence-corrected chi connectivity index (χ2v) is 4.93. The zero-order chi connectivity index (χ0) is 13.8. The van der Waals surface area contributed by atoms with Crippen LogP contribution < -0.4 is 10.7 Å². The minimum atomic E-state index is -0.403. The van der Waals surface area contributed by atoms with Crippen LogP contribution in [0.4, 0.5) is 4.39 Å². The highest BCUT2D eigenvalue weighted by Crippen LogP contribution is 2.15. The maximum absolute atomic E-state index is 13.5. The van der Waals surface area contributed by atoms with Gasteiger partial charge in [0.25, 0.3) is 5.91 Å². The van der Waals surface area contributed by atoms with Crippen molar-refractivity contribution in [2.75, 3.05) is 0 Å². The summed E-state index contributed by atoms with van der Waals surface area (Å²) in [5.74, 6) is -1.00. The first-order valence-electron chi connectivity index (χ1n) is 5.64. The van der Waals surface area contributed by atoms with Crippen LogP contribution in [0.3, 0.4) is 0 Å². The maximum Gasteiger partial charge on any atom is 0.267 e.